The molecular weight excluding hydrogens is 550 g/mol. The van der Waals surface area contributed by atoms with Gasteiger partial charge in [-0.2, -0.15) is 0 Å². The molecule has 3 aromatic rings. The molecule has 8 nitrogen and oxygen atoms in total. The number of amides is 2. The maximum absolute atomic E-state index is 14.8. The molecule has 10 heteroatoms. The molecule has 0 spiro atoms. The van der Waals surface area contributed by atoms with E-state index in [2.05, 4.69) is 5.32 Å². The minimum Gasteiger partial charge on any atom is -0.465 e. The largest absolute Gasteiger partial charge is 0.465 e. The van der Waals surface area contributed by atoms with Gasteiger partial charge in [-0.25, -0.2) is 13.2 Å². The summed E-state index contributed by atoms with van der Waals surface area (Å²) in [6.07, 6.45) is 3.79. The molecule has 208 valence electrons. The Bertz CT molecular complexity index is 1530. The van der Waals surface area contributed by atoms with Gasteiger partial charge in [0.2, 0.25) is 15.9 Å². The van der Waals surface area contributed by atoms with Gasteiger partial charge in [0.1, 0.15) is 11.3 Å². The van der Waals surface area contributed by atoms with E-state index in [9.17, 15) is 18.0 Å². The minimum absolute atomic E-state index is 0.0326. The highest BCUT2D eigenvalue weighted by Crippen LogP contribution is 2.39. The number of carboxylic acid groups (broad SMARTS) is 1. The number of rotatable bonds is 10. The number of sulfonamides is 1. The van der Waals surface area contributed by atoms with Crippen LogP contribution in [0.4, 0.5) is 10.5 Å². The molecule has 1 unspecified atom stereocenters. The molecular formula is C30H30ClN3O5S. The van der Waals surface area contributed by atoms with Crippen molar-refractivity contribution < 1.29 is 23.1 Å². The molecule has 40 heavy (non-hydrogen) atoms. The van der Waals surface area contributed by atoms with Crippen LogP contribution in [0.2, 0.25) is 5.02 Å². The van der Waals surface area contributed by atoms with E-state index in [4.69, 9.17) is 16.7 Å². The van der Waals surface area contributed by atoms with Gasteiger partial charge in [-0.05, 0) is 41.8 Å². The Morgan fingerprint density at radius 3 is 2.25 bits per heavy atom. The number of carbonyl (C=O) groups is 2. The highest BCUT2D eigenvalue weighted by molar-refractivity contribution is 7.94. The smallest absolute Gasteiger partial charge is 0.407 e. The Morgan fingerprint density at radius 2 is 1.62 bits per heavy atom. The zero-order chi connectivity index (χ0) is 28.8. The van der Waals surface area contributed by atoms with Gasteiger partial charge in [0.25, 0.3) is 0 Å². The molecule has 2 N–H and O–H groups in total. The molecule has 3 aromatic carbocycles. The van der Waals surface area contributed by atoms with Crippen LogP contribution in [0, 0.1) is 0 Å². The van der Waals surface area contributed by atoms with E-state index >= 15 is 0 Å². The second-order valence-corrected chi connectivity index (χ2v) is 12.3. The van der Waals surface area contributed by atoms with Crippen molar-refractivity contribution >= 4 is 39.3 Å². The number of halogens is 1. The first-order chi connectivity index (χ1) is 19.1. The number of likely N-dealkylation sites (N-methyl/N-ethyl adjacent to an activating group) is 1. The van der Waals surface area contributed by atoms with E-state index in [0.717, 1.165) is 16.0 Å². The summed E-state index contributed by atoms with van der Waals surface area (Å²) in [7, 11) is -2.88. The third kappa shape index (κ3) is 6.73. The van der Waals surface area contributed by atoms with Crippen LogP contribution in [-0.4, -0.2) is 48.8 Å². The first kappa shape index (κ1) is 28.9. The lowest BCUT2D eigenvalue weighted by atomic mass is 9.90. The molecule has 1 aliphatic carbocycles. The average molecular weight is 580 g/mol. The van der Waals surface area contributed by atoms with E-state index in [1.54, 1.807) is 42.5 Å². The van der Waals surface area contributed by atoms with E-state index in [-0.39, 0.29) is 19.4 Å². The molecule has 0 radical (unpaired) electrons. The van der Waals surface area contributed by atoms with Gasteiger partial charge in [-0.1, -0.05) is 90.5 Å². The second-order valence-electron chi connectivity index (χ2n) is 9.62. The number of hydrogen-bond acceptors (Lipinski definition) is 4. The summed E-state index contributed by atoms with van der Waals surface area (Å²) in [6.45, 7) is -0.319. The first-order valence-electron chi connectivity index (χ1n) is 12.6. The fraction of sp³-hybridized carbons (Fsp3) is 0.200. The maximum Gasteiger partial charge on any atom is 0.407 e. The number of nitrogens with one attached hydrogen (secondary N) is 1. The van der Waals surface area contributed by atoms with Crippen molar-refractivity contribution in [3.05, 3.63) is 125 Å². The molecule has 4 rings (SSSR count). The lowest BCUT2D eigenvalue weighted by molar-refractivity contribution is -0.121. The van der Waals surface area contributed by atoms with Gasteiger partial charge in [0.15, 0.2) is 0 Å². The van der Waals surface area contributed by atoms with Crippen molar-refractivity contribution in [3.63, 3.8) is 0 Å². The van der Waals surface area contributed by atoms with E-state index in [0.29, 0.717) is 16.4 Å². The average Bonchev–Trinajstić information content (AvgIpc) is 2.92. The van der Waals surface area contributed by atoms with Crippen LogP contribution in [0.15, 0.2) is 109 Å². The van der Waals surface area contributed by atoms with Crippen molar-refractivity contribution in [2.45, 2.75) is 24.1 Å². The number of hydrogen-bond donors (Lipinski definition) is 2. The molecule has 0 aliphatic heterocycles. The van der Waals surface area contributed by atoms with Crippen molar-refractivity contribution in [2.24, 2.45) is 0 Å². The van der Waals surface area contributed by atoms with Crippen LogP contribution < -0.4 is 9.62 Å². The monoisotopic (exact) mass is 579 g/mol. The minimum atomic E-state index is -4.17. The summed E-state index contributed by atoms with van der Waals surface area (Å²) in [6, 6.07) is 25.3. The zero-order valence-corrected chi connectivity index (χ0v) is 23.5. The van der Waals surface area contributed by atoms with E-state index in [1.807, 2.05) is 60.7 Å². The van der Waals surface area contributed by atoms with Crippen LogP contribution >= 0.6 is 11.6 Å². The molecule has 0 saturated heterocycles. The topological polar surface area (TPSA) is 107 Å². The fourth-order valence-electron chi connectivity index (χ4n) is 4.61. The number of allylic oxidation sites excluding steroid dienone is 3. The molecule has 0 heterocycles. The Labute approximate surface area is 239 Å². The van der Waals surface area contributed by atoms with Crippen LogP contribution in [0.3, 0.4) is 0 Å². The number of carbonyl (C=O) groups excluding carboxylic acids is 1. The molecule has 2 amide bonds. The highest BCUT2D eigenvalue weighted by atomic mass is 35.5. The lowest BCUT2D eigenvalue weighted by Crippen LogP contribution is -2.51. The predicted octanol–water partition coefficient (Wildman–Crippen LogP) is 5.23. The summed E-state index contributed by atoms with van der Waals surface area (Å²) >= 11 is 6.30. The van der Waals surface area contributed by atoms with Gasteiger partial charge >= 0.3 is 6.09 Å². The number of benzene rings is 3. The van der Waals surface area contributed by atoms with E-state index in [1.165, 1.54) is 11.4 Å². The SMILES string of the molecule is CN(CC(=O)NC1=CC=CC(Cc2ccccc2)(S(=O)(=O)N(Cc2ccccc2)c2cccc(Cl)c2)C1)C(=O)O. The van der Waals surface area contributed by atoms with Crippen molar-refractivity contribution in [2.75, 3.05) is 17.9 Å². The van der Waals surface area contributed by atoms with Crippen LogP contribution in [0.25, 0.3) is 0 Å². The van der Waals surface area contributed by atoms with E-state index < -0.39 is 33.3 Å². The maximum atomic E-state index is 14.8. The standard InChI is InChI=1S/C30H30ClN3O5S/c1-33(29(36)37)22-28(35)32-26-15-9-17-30(20-26,19-23-10-4-2-5-11-23)40(38,39)34(21-24-12-6-3-7-13-24)27-16-8-14-25(31)18-27/h2-18H,19-22H2,1H3,(H,32,35)(H,36,37). The van der Waals surface area contributed by atoms with Crippen molar-refractivity contribution in [1.29, 1.82) is 0 Å². The van der Waals surface area contributed by atoms with Gasteiger partial charge in [-0.3, -0.25) is 9.10 Å². The summed E-state index contributed by atoms with van der Waals surface area (Å²) < 4.78 is 29.6. The second kappa shape index (κ2) is 12.4. The predicted molar refractivity (Wildman–Crippen MR) is 157 cm³/mol. The molecule has 1 atom stereocenters. The van der Waals surface area contributed by atoms with Gasteiger partial charge in [0.05, 0.1) is 12.2 Å². The quantitative estimate of drug-likeness (QED) is 0.342. The first-order valence-corrected chi connectivity index (χ1v) is 14.4. The summed E-state index contributed by atoms with van der Waals surface area (Å²) in [5.74, 6) is -0.562. The third-order valence-corrected chi connectivity index (χ3v) is 9.22. The molecule has 0 aromatic heterocycles. The molecule has 0 saturated carbocycles. The molecule has 0 bridgehead atoms. The Kier molecular flexibility index (Phi) is 8.96. The van der Waals surface area contributed by atoms with Crippen molar-refractivity contribution in [3.8, 4) is 0 Å². The summed E-state index contributed by atoms with van der Waals surface area (Å²) in [4.78, 5) is 24.6. The van der Waals surface area contributed by atoms with Gasteiger partial charge in [0, 0.05) is 24.2 Å². The third-order valence-electron chi connectivity index (χ3n) is 6.61. The van der Waals surface area contributed by atoms with Gasteiger partial charge < -0.3 is 15.3 Å². The lowest BCUT2D eigenvalue weighted by Gasteiger charge is -2.39. The number of anilines is 1. The number of nitrogens with zero attached hydrogens (tertiary/aromatic N) is 2. The Balaban J connectivity index is 1.76. The van der Waals surface area contributed by atoms with Crippen LogP contribution in [0.5, 0.6) is 0 Å². The molecule has 1 aliphatic rings. The Hall–Kier alpha value is -4.08. The summed E-state index contributed by atoms with van der Waals surface area (Å²) in [5.41, 5.74) is 2.39. The highest BCUT2D eigenvalue weighted by Gasteiger charge is 2.47. The summed E-state index contributed by atoms with van der Waals surface area (Å²) in [5, 5.41) is 12.2. The zero-order valence-electron chi connectivity index (χ0n) is 21.9. The fourth-order valence-corrected chi connectivity index (χ4v) is 6.88. The van der Waals surface area contributed by atoms with Crippen molar-refractivity contribution in [1.82, 2.24) is 10.2 Å². The molecule has 0 fully saturated rings. The normalized spacial score (nSPS) is 16.6. The van der Waals surface area contributed by atoms with Gasteiger partial charge in [-0.15, -0.1) is 0 Å². The van der Waals surface area contributed by atoms with Crippen LogP contribution in [0.1, 0.15) is 17.5 Å². The Morgan fingerprint density at radius 1 is 0.975 bits per heavy atom. The van der Waals surface area contributed by atoms with Crippen LogP contribution in [-0.2, 0) is 27.8 Å².